The zero-order valence-corrected chi connectivity index (χ0v) is 13.0. The molecule has 2 aliphatic rings. The van der Waals surface area contributed by atoms with E-state index in [9.17, 15) is 18.5 Å². The highest BCUT2D eigenvalue weighted by molar-refractivity contribution is 7.89. The minimum Gasteiger partial charge on any atom is -0.376 e. The molecule has 2 fully saturated rings. The predicted octanol–water partition coefficient (Wildman–Crippen LogP) is 1.83. The third-order valence-electron chi connectivity index (χ3n) is 4.30. The van der Waals surface area contributed by atoms with Gasteiger partial charge in [-0.05, 0) is 38.2 Å². The molecule has 1 N–H and O–H groups in total. The number of rotatable bonds is 5. The van der Waals surface area contributed by atoms with Crippen LogP contribution in [0.15, 0.2) is 29.2 Å². The molecule has 0 bridgehead atoms. The Labute approximate surface area is 128 Å². The number of non-ortho nitro benzene ring substituents is 1. The van der Waals surface area contributed by atoms with Crippen LogP contribution in [0.25, 0.3) is 0 Å². The van der Waals surface area contributed by atoms with Crippen molar-refractivity contribution in [2.45, 2.75) is 42.7 Å². The molecule has 1 aliphatic heterocycles. The van der Waals surface area contributed by atoms with Crippen LogP contribution in [0.1, 0.15) is 26.2 Å². The normalized spacial score (nSPS) is 28.7. The number of hydrogen-bond acceptors (Lipinski definition) is 5. The average molecular weight is 326 g/mol. The zero-order valence-electron chi connectivity index (χ0n) is 12.2. The van der Waals surface area contributed by atoms with Crippen molar-refractivity contribution in [3.8, 4) is 0 Å². The Morgan fingerprint density at radius 1 is 1.41 bits per heavy atom. The van der Waals surface area contributed by atoms with Crippen molar-refractivity contribution < 1.29 is 18.1 Å². The summed E-state index contributed by atoms with van der Waals surface area (Å²) in [6.07, 6.45) is 2.58. The second kappa shape index (κ2) is 5.29. The molecule has 22 heavy (non-hydrogen) atoms. The van der Waals surface area contributed by atoms with Crippen LogP contribution in [-0.2, 0) is 14.8 Å². The van der Waals surface area contributed by atoms with Gasteiger partial charge in [0.25, 0.3) is 5.69 Å². The van der Waals surface area contributed by atoms with Crippen LogP contribution < -0.4 is 4.72 Å². The Morgan fingerprint density at radius 3 is 2.77 bits per heavy atom. The van der Waals surface area contributed by atoms with Crippen molar-refractivity contribution >= 4 is 15.7 Å². The van der Waals surface area contributed by atoms with Crippen LogP contribution in [0.3, 0.4) is 0 Å². The maximum atomic E-state index is 12.6. The van der Waals surface area contributed by atoms with Gasteiger partial charge in [0.05, 0.1) is 21.5 Å². The monoisotopic (exact) mass is 326 g/mol. The molecular weight excluding hydrogens is 308 g/mol. The lowest BCUT2D eigenvalue weighted by Crippen LogP contribution is -2.52. The van der Waals surface area contributed by atoms with Crippen LogP contribution in [0.4, 0.5) is 5.69 Å². The average Bonchev–Trinajstić information content (AvgIpc) is 3.22. The number of benzene rings is 1. The van der Waals surface area contributed by atoms with Gasteiger partial charge in [-0.1, -0.05) is 6.07 Å². The van der Waals surface area contributed by atoms with Crippen molar-refractivity contribution in [1.29, 1.82) is 0 Å². The van der Waals surface area contributed by atoms with Gasteiger partial charge in [-0.15, -0.1) is 0 Å². The van der Waals surface area contributed by atoms with Crippen molar-refractivity contribution in [2.75, 3.05) is 6.61 Å². The fourth-order valence-corrected chi connectivity index (χ4v) is 4.50. The highest BCUT2D eigenvalue weighted by atomic mass is 32.2. The van der Waals surface area contributed by atoms with Crippen molar-refractivity contribution in [3.63, 3.8) is 0 Å². The maximum Gasteiger partial charge on any atom is 0.270 e. The SMILES string of the molecule is CC1(NS(=O)(=O)c2cccc([N+](=O)[O-])c2)CCOC1C1CC1. The van der Waals surface area contributed by atoms with Crippen LogP contribution in [0.2, 0.25) is 0 Å². The number of nitrogens with one attached hydrogen (secondary N) is 1. The largest absolute Gasteiger partial charge is 0.376 e. The first kappa shape index (κ1) is 15.4. The molecule has 0 spiro atoms. The molecule has 0 amide bonds. The lowest BCUT2D eigenvalue weighted by atomic mass is 9.92. The van der Waals surface area contributed by atoms with E-state index >= 15 is 0 Å². The molecule has 2 unspecified atom stereocenters. The smallest absolute Gasteiger partial charge is 0.270 e. The molecule has 7 nitrogen and oxygen atoms in total. The third kappa shape index (κ3) is 2.86. The summed E-state index contributed by atoms with van der Waals surface area (Å²) >= 11 is 0. The topological polar surface area (TPSA) is 98.5 Å². The number of ether oxygens (including phenoxy) is 1. The van der Waals surface area contributed by atoms with Gasteiger partial charge in [-0.3, -0.25) is 10.1 Å². The van der Waals surface area contributed by atoms with Crippen molar-refractivity contribution in [2.24, 2.45) is 5.92 Å². The molecule has 1 saturated heterocycles. The highest BCUT2D eigenvalue weighted by Crippen LogP contribution is 2.43. The van der Waals surface area contributed by atoms with E-state index in [4.69, 9.17) is 4.74 Å². The molecule has 0 radical (unpaired) electrons. The Morgan fingerprint density at radius 2 is 2.14 bits per heavy atom. The van der Waals surface area contributed by atoms with E-state index in [0.717, 1.165) is 18.9 Å². The van der Waals surface area contributed by atoms with Crippen LogP contribution in [-0.4, -0.2) is 31.6 Å². The van der Waals surface area contributed by atoms with Crippen molar-refractivity contribution in [3.05, 3.63) is 34.4 Å². The molecule has 120 valence electrons. The minimum absolute atomic E-state index is 0.0932. The predicted molar refractivity (Wildman–Crippen MR) is 78.9 cm³/mol. The van der Waals surface area contributed by atoms with Gasteiger partial charge in [-0.2, -0.15) is 0 Å². The van der Waals surface area contributed by atoms with E-state index in [1.165, 1.54) is 18.2 Å². The summed E-state index contributed by atoms with van der Waals surface area (Å²) in [4.78, 5) is 10.1. The summed E-state index contributed by atoms with van der Waals surface area (Å²) in [6.45, 7) is 2.37. The van der Waals surface area contributed by atoms with E-state index in [2.05, 4.69) is 4.72 Å². The number of nitrogens with zero attached hydrogens (tertiary/aromatic N) is 1. The molecule has 8 heteroatoms. The molecular formula is C14H18N2O5S. The molecule has 3 rings (SSSR count). The van der Waals surface area contributed by atoms with E-state index in [1.54, 1.807) is 0 Å². The van der Waals surface area contributed by atoms with Gasteiger partial charge in [0, 0.05) is 18.7 Å². The lowest BCUT2D eigenvalue weighted by Gasteiger charge is -2.30. The van der Waals surface area contributed by atoms with Gasteiger partial charge in [0.15, 0.2) is 0 Å². The molecule has 1 aromatic carbocycles. The Balaban J connectivity index is 1.87. The quantitative estimate of drug-likeness (QED) is 0.657. The Bertz CT molecular complexity index is 701. The van der Waals surface area contributed by atoms with Gasteiger partial charge in [0.1, 0.15) is 0 Å². The molecule has 1 heterocycles. The van der Waals surface area contributed by atoms with Gasteiger partial charge in [-0.25, -0.2) is 13.1 Å². The van der Waals surface area contributed by atoms with Gasteiger partial charge < -0.3 is 4.74 Å². The first-order valence-corrected chi connectivity index (χ1v) is 8.70. The molecule has 1 aromatic rings. The summed E-state index contributed by atoms with van der Waals surface area (Å²) in [5, 5.41) is 10.8. The fraction of sp³-hybridized carbons (Fsp3) is 0.571. The second-order valence-electron chi connectivity index (χ2n) is 6.16. The van der Waals surface area contributed by atoms with E-state index < -0.39 is 20.5 Å². The standard InChI is InChI=1S/C14H18N2O5S/c1-14(7-8-21-13(14)10-5-6-10)15-22(19,20)12-4-2-3-11(9-12)16(17)18/h2-4,9-10,13,15H,5-8H2,1H3. The van der Waals surface area contributed by atoms with Crippen molar-refractivity contribution in [1.82, 2.24) is 4.72 Å². The summed E-state index contributed by atoms with van der Waals surface area (Å²) < 4.78 is 33.5. The lowest BCUT2D eigenvalue weighted by molar-refractivity contribution is -0.385. The highest BCUT2D eigenvalue weighted by Gasteiger charge is 2.50. The Kier molecular flexibility index (Phi) is 3.70. The van der Waals surface area contributed by atoms with Crippen LogP contribution in [0.5, 0.6) is 0 Å². The van der Waals surface area contributed by atoms with Gasteiger partial charge in [0.2, 0.25) is 10.0 Å². The first-order chi connectivity index (χ1) is 10.3. The second-order valence-corrected chi connectivity index (χ2v) is 7.84. The summed E-state index contributed by atoms with van der Waals surface area (Å²) in [7, 11) is -3.83. The van der Waals surface area contributed by atoms with E-state index in [-0.39, 0.29) is 16.7 Å². The summed E-state index contributed by atoms with van der Waals surface area (Å²) in [5.74, 6) is 0.403. The molecule has 0 aromatic heterocycles. The van der Waals surface area contributed by atoms with Gasteiger partial charge >= 0.3 is 0 Å². The van der Waals surface area contributed by atoms with Crippen LogP contribution >= 0.6 is 0 Å². The van der Waals surface area contributed by atoms with Crippen LogP contribution in [0, 0.1) is 16.0 Å². The molecule has 1 aliphatic carbocycles. The third-order valence-corrected chi connectivity index (χ3v) is 5.91. The number of nitro benzene ring substituents is 1. The number of sulfonamides is 1. The van der Waals surface area contributed by atoms with E-state index in [1.807, 2.05) is 6.92 Å². The summed E-state index contributed by atoms with van der Waals surface area (Å²) in [6, 6.07) is 5.08. The molecule has 2 atom stereocenters. The van der Waals surface area contributed by atoms with E-state index in [0.29, 0.717) is 18.9 Å². The number of nitro groups is 1. The maximum absolute atomic E-state index is 12.6. The first-order valence-electron chi connectivity index (χ1n) is 7.22. The molecule has 1 saturated carbocycles. The number of hydrogen-bond donors (Lipinski definition) is 1. The Hall–Kier alpha value is -1.51. The minimum atomic E-state index is -3.83. The summed E-state index contributed by atoms with van der Waals surface area (Å²) in [5.41, 5.74) is -0.903. The zero-order chi connectivity index (χ0) is 16.0. The fourth-order valence-electron chi connectivity index (χ4n) is 3.02.